The van der Waals surface area contributed by atoms with Gasteiger partial charge in [-0.05, 0) is 19.1 Å². The molecule has 0 aliphatic carbocycles. The van der Waals surface area contributed by atoms with Crippen LogP contribution in [0.5, 0.6) is 0 Å². The monoisotopic (exact) mass is 462 g/mol. The molecule has 0 saturated heterocycles. The second kappa shape index (κ2) is 17.4. The molecule has 0 bridgehead atoms. The molecule has 31 heavy (non-hydrogen) atoms. The maximum atomic E-state index is 11.9. The molecule has 0 rings (SSSR count). The number of rotatable bonds is 12. The molecule has 0 aliphatic heterocycles. The number of alkyl carbamates (subject to hydrolysis) is 1. The summed E-state index contributed by atoms with van der Waals surface area (Å²) < 4.78 is 19.7. The summed E-state index contributed by atoms with van der Waals surface area (Å²) >= 11 is 0.957. The first kappa shape index (κ1) is 28.7. The van der Waals surface area contributed by atoms with Crippen molar-refractivity contribution in [3.63, 3.8) is 0 Å². The molecule has 2 unspecified atom stereocenters. The SMILES string of the molecule is CCCCCC(=O)OC(C)OC(=O)N=C(NC(=O)OC(C)OC(=O)CCCCC)SC. The summed E-state index contributed by atoms with van der Waals surface area (Å²) in [5.41, 5.74) is 0. The van der Waals surface area contributed by atoms with Gasteiger partial charge in [-0.25, -0.2) is 9.59 Å². The van der Waals surface area contributed by atoms with E-state index in [1.54, 1.807) is 6.26 Å². The molecule has 2 amide bonds. The lowest BCUT2D eigenvalue weighted by Crippen LogP contribution is -2.33. The Morgan fingerprint density at radius 3 is 1.74 bits per heavy atom. The average molecular weight is 463 g/mol. The van der Waals surface area contributed by atoms with E-state index >= 15 is 0 Å². The molecule has 0 saturated carbocycles. The summed E-state index contributed by atoms with van der Waals surface area (Å²) in [4.78, 5) is 50.6. The van der Waals surface area contributed by atoms with Crippen LogP contribution in [0.4, 0.5) is 9.59 Å². The highest BCUT2D eigenvalue weighted by atomic mass is 32.2. The molecular weight excluding hydrogens is 428 g/mol. The molecule has 0 aromatic rings. The molecule has 0 fully saturated rings. The number of unbranched alkanes of at least 4 members (excludes halogenated alkanes) is 4. The summed E-state index contributed by atoms with van der Waals surface area (Å²) in [6.07, 6.45) is 2.99. The highest BCUT2D eigenvalue weighted by molar-refractivity contribution is 8.13. The van der Waals surface area contributed by atoms with Gasteiger partial charge in [0.25, 0.3) is 0 Å². The normalized spacial score (nSPS) is 13.0. The first-order chi connectivity index (χ1) is 14.7. The third kappa shape index (κ3) is 16.1. The van der Waals surface area contributed by atoms with Crippen molar-refractivity contribution in [1.82, 2.24) is 5.32 Å². The Morgan fingerprint density at radius 2 is 1.29 bits per heavy atom. The fraction of sp³-hybridized carbons (Fsp3) is 0.750. The zero-order valence-corrected chi connectivity index (χ0v) is 19.7. The third-order valence-electron chi connectivity index (χ3n) is 3.70. The molecule has 178 valence electrons. The molecule has 0 heterocycles. The van der Waals surface area contributed by atoms with Crippen LogP contribution in [-0.2, 0) is 28.5 Å². The summed E-state index contributed by atoms with van der Waals surface area (Å²) in [7, 11) is 0. The Balaban J connectivity index is 4.43. The topological polar surface area (TPSA) is 130 Å². The number of hydrogen-bond acceptors (Lipinski definition) is 9. The lowest BCUT2D eigenvalue weighted by atomic mass is 10.2. The number of esters is 2. The quantitative estimate of drug-likeness (QED) is 0.146. The fourth-order valence-corrected chi connectivity index (χ4v) is 2.57. The zero-order valence-electron chi connectivity index (χ0n) is 18.9. The van der Waals surface area contributed by atoms with Gasteiger partial charge in [-0.3, -0.25) is 14.9 Å². The highest BCUT2D eigenvalue weighted by Gasteiger charge is 2.17. The van der Waals surface area contributed by atoms with E-state index in [2.05, 4.69) is 10.3 Å². The second-order valence-electron chi connectivity index (χ2n) is 6.56. The number of amidine groups is 1. The van der Waals surface area contributed by atoms with Crippen LogP contribution >= 0.6 is 11.8 Å². The lowest BCUT2D eigenvalue weighted by Gasteiger charge is -2.15. The maximum absolute atomic E-state index is 11.9. The van der Waals surface area contributed by atoms with Crippen molar-refractivity contribution >= 4 is 41.1 Å². The van der Waals surface area contributed by atoms with Crippen LogP contribution in [0.2, 0.25) is 0 Å². The minimum Gasteiger partial charge on any atom is -0.425 e. The number of ether oxygens (including phenoxy) is 4. The minimum absolute atomic E-state index is 0.0991. The van der Waals surface area contributed by atoms with Gasteiger partial charge in [0.15, 0.2) is 5.17 Å². The molecule has 0 aliphatic rings. The Labute approximate surface area is 187 Å². The number of hydrogen-bond donors (Lipinski definition) is 1. The molecular formula is C20H34N2O8S. The average Bonchev–Trinajstić information content (AvgIpc) is 2.67. The Bertz CT molecular complexity index is 612. The maximum Gasteiger partial charge on any atom is 0.439 e. The standard InChI is InChI=1S/C20H34N2O8S/c1-6-8-10-12-16(23)27-14(3)29-19(25)21-18(31-5)22-20(26)30-15(4)28-17(24)13-11-9-7-2/h14-15H,6-13H2,1-5H3,(H,21,22,25,26). The molecule has 2 atom stereocenters. The first-order valence-corrected chi connectivity index (χ1v) is 11.6. The van der Waals surface area contributed by atoms with Crippen LogP contribution in [0.15, 0.2) is 4.99 Å². The van der Waals surface area contributed by atoms with Gasteiger partial charge >= 0.3 is 24.1 Å². The molecule has 11 heteroatoms. The van der Waals surface area contributed by atoms with E-state index in [4.69, 9.17) is 18.9 Å². The number of amides is 2. The van der Waals surface area contributed by atoms with E-state index in [0.717, 1.165) is 37.4 Å². The summed E-state index contributed by atoms with van der Waals surface area (Å²) in [6, 6.07) is 0. The fourth-order valence-electron chi connectivity index (χ4n) is 2.22. The zero-order chi connectivity index (χ0) is 23.6. The Kier molecular flexibility index (Phi) is 16.1. The summed E-state index contributed by atoms with van der Waals surface area (Å²) in [5, 5.41) is 2.16. The van der Waals surface area contributed by atoms with Crippen molar-refractivity contribution in [2.24, 2.45) is 4.99 Å². The van der Waals surface area contributed by atoms with E-state index < -0.39 is 36.7 Å². The van der Waals surface area contributed by atoms with Crippen LogP contribution in [0.25, 0.3) is 0 Å². The van der Waals surface area contributed by atoms with Gasteiger partial charge in [0.1, 0.15) is 0 Å². The van der Waals surface area contributed by atoms with Crippen LogP contribution in [0, 0.1) is 0 Å². The third-order valence-corrected chi connectivity index (χ3v) is 4.28. The number of thioether (sulfide) groups is 1. The van der Waals surface area contributed by atoms with E-state index in [9.17, 15) is 19.2 Å². The molecule has 0 aromatic heterocycles. The van der Waals surface area contributed by atoms with Gasteiger partial charge in [-0.15, -0.1) is 0 Å². The van der Waals surface area contributed by atoms with E-state index in [-0.39, 0.29) is 18.0 Å². The molecule has 0 spiro atoms. The van der Waals surface area contributed by atoms with Gasteiger partial charge in [-0.2, -0.15) is 4.99 Å². The number of nitrogens with one attached hydrogen (secondary N) is 1. The van der Waals surface area contributed by atoms with Crippen molar-refractivity contribution in [3.05, 3.63) is 0 Å². The second-order valence-corrected chi connectivity index (χ2v) is 7.36. The van der Waals surface area contributed by atoms with Crippen LogP contribution in [0.1, 0.15) is 79.1 Å². The minimum atomic E-state index is -1.12. The number of carbonyl (C=O) groups excluding carboxylic acids is 4. The van der Waals surface area contributed by atoms with Crippen molar-refractivity contribution < 1.29 is 38.1 Å². The molecule has 0 radical (unpaired) electrons. The summed E-state index contributed by atoms with van der Waals surface area (Å²) in [5.74, 6) is -0.933. The molecule has 10 nitrogen and oxygen atoms in total. The number of carbonyl (C=O) groups is 4. The van der Waals surface area contributed by atoms with Gasteiger partial charge in [0.2, 0.25) is 12.6 Å². The van der Waals surface area contributed by atoms with E-state index in [1.807, 2.05) is 13.8 Å². The van der Waals surface area contributed by atoms with Crippen molar-refractivity contribution in [2.45, 2.75) is 91.6 Å². The smallest absolute Gasteiger partial charge is 0.425 e. The molecule has 0 aromatic carbocycles. The van der Waals surface area contributed by atoms with Crippen LogP contribution in [-0.4, -0.2) is 48.1 Å². The van der Waals surface area contributed by atoms with E-state index in [1.165, 1.54) is 13.8 Å². The van der Waals surface area contributed by atoms with Crippen molar-refractivity contribution in [1.29, 1.82) is 0 Å². The van der Waals surface area contributed by atoms with Gasteiger partial charge < -0.3 is 18.9 Å². The predicted octanol–water partition coefficient (Wildman–Crippen LogP) is 4.51. The lowest BCUT2D eigenvalue weighted by molar-refractivity contribution is -0.165. The predicted molar refractivity (Wildman–Crippen MR) is 116 cm³/mol. The largest absolute Gasteiger partial charge is 0.439 e. The Hall–Kier alpha value is -2.30. The highest BCUT2D eigenvalue weighted by Crippen LogP contribution is 2.07. The summed E-state index contributed by atoms with van der Waals surface area (Å²) in [6.45, 7) is 6.83. The molecule has 1 N–H and O–H groups in total. The van der Waals surface area contributed by atoms with Crippen LogP contribution in [0.3, 0.4) is 0 Å². The number of nitrogens with zero attached hydrogens (tertiary/aromatic N) is 1. The van der Waals surface area contributed by atoms with E-state index in [0.29, 0.717) is 12.8 Å². The van der Waals surface area contributed by atoms with Crippen LogP contribution < -0.4 is 5.32 Å². The Morgan fingerprint density at radius 1 is 0.806 bits per heavy atom. The van der Waals surface area contributed by atoms with Crippen molar-refractivity contribution in [2.75, 3.05) is 6.26 Å². The van der Waals surface area contributed by atoms with Gasteiger partial charge in [0, 0.05) is 26.7 Å². The van der Waals surface area contributed by atoms with Gasteiger partial charge in [-0.1, -0.05) is 51.3 Å². The van der Waals surface area contributed by atoms with Crippen molar-refractivity contribution in [3.8, 4) is 0 Å². The first-order valence-electron chi connectivity index (χ1n) is 10.4. The van der Waals surface area contributed by atoms with Gasteiger partial charge in [0.05, 0.1) is 0 Å². The number of aliphatic imine (C=N–C) groups is 1.